The van der Waals surface area contributed by atoms with E-state index in [0.717, 1.165) is 31.5 Å². The number of nitrogens with zero attached hydrogens (tertiary/aromatic N) is 1. The van der Waals surface area contributed by atoms with Crippen molar-refractivity contribution in [1.29, 1.82) is 0 Å². The molecule has 0 saturated carbocycles. The summed E-state index contributed by atoms with van der Waals surface area (Å²) in [6.45, 7) is -1.08. The van der Waals surface area contributed by atoms with Gasteiger partial charge in [-0.05, 0) is 37.0 Å². The first kappa shape index (κ1) is 13.8. The molecule has 5 heteroatoms. The number of likely N-dealkylation sites (tertiary alicyclic amines) is 1. The highest BCUT2D eigenvalue weighted by molar-refractivity contribution is 5.76. The van der Waals surface area contributed by atoms with Crippen molar-refractivity contribution in [2.24, 2.45) is 0 Å². The van der Waals surface area contributed by atoms with E-state index in [1.807, 2.05) is 4.90 Å². The van der Waals surface area contributed by atoms with E-state index in [-0.39, 0.29) is 11.7 Å². The molecule has 0 spiro atoms. The second kappa shape index (κ2) is 6.50. The fourth-order valence-corrected chi connectivity index (χ4v) is 2.21. The van der Waals surface area contributed by atoms with Gasteiger partial charge in [-0.3, -0.25) is 4.79 Å². The molecule has 1 fully saturated rings. The van der Waals surface area contributed by atoms with Gasteiger partial charge in [-0.25, -0.2) is 0 Å². The Morgan fingerprint density at radius 2 is 1.84 bits per heavy atom. The number of ether oxygens (including phenoxy) is 1. The largest absolute Gasteiger partial charge is 0.435 e. The van der Waals surface area contributed by atoms with Gasteiger partial charge in [-0.1, -0.05) is 12.1 Å². The summed E-state index contributed by atoms with van der Waals surface area (Å²) in [5.74, 6) is 0.315. The molecule has 104 valence electrons. The van der Waals surface area contributed by atoms with E-state index in [9.17, 15) is 13.6 Å². The predicted octanol–water partition coefficient (Wildman–Crippen LogP) is 2.84. The van der Waals surface area contributed by atoms with Crippen molar-refractivity contribution in [2.75, 3.05) is 13.1 Å². The van der Waals surface area contributed by atoms with E-state index in [1.165, 1.54) is 12.1 Å². The first-order valence-electron chi connectivity index (χ1n) is 6.46. The Morgan fingerprint density at radius 1 is 1.21 bits per heavy atom. The Balaban J connectivity index is 1.80. The summed E-state index contributed by atoms with van der Waals surface area (Å²) in [5.41, 5.74) is 0.953. The lowest BCUT2D eigenvalue weighted by Gasteiger charge is -2.14. The molecular weight excluding hydrogens is 252 g/mol. The smallest absolute Gasteiger partial charge is 0.387 e. The molecule has 1 aliphatic rings. The molecule has 1 aromatic carbocycles. The van der Waals surface area contributed by atoms with Crippen LogP contribution < -0.4 is 4.74 Å². The number of amides is 1. The van der Waals surface area contributed by atoms with E-state index < -0.39 is 6.61 Å². The minimum Gasteiger partial charge on any atom is -0.435 e. The average Bonchev–Trinajstić information content (AvgIpc) is 2.91. The zero-order valence-electron chi connectivity index (χ0n) is 10.6. The van der Waals surface area contributed by atoms with Crippen molar-refractivity contribution in [1.82, 2.24) is 4.90 Å². The molecule has 1 amide bonds. The van der Waals surface area contributed by atoms with Gasteiger partial charge in [-0.2, -0.15) is 8.78 Å². The maximum absolute atomic E-state index is 12.0. The van der Waals surface area contributed by atoms with Crippen molar-refractivity contribution in [3.63, 3.8) is 0 Å². The second-order valence-corrected chi connectivity index (χ2v) is 4.61. The number of alkyl halides is 2. The van der Waals surface area contributed by atoms with Crippen molar-refractivity contribution < 1.29 is 18.3 Å². The van der Waals surface area contributed by atoms with Crippen LogP contribution in [0, 0.1) is 0 Å². The van der Waals surface area contributed by atoms with E-state index in [0.29, 0.717) is 12.8 Å². The van der Waals surface area contributed by atoms with Crippen molar-refractivity contribution in [3.05, 3.63) is 29.8 Å². The van der Waals surface area contributed by atoms with Crippen molar-refractivity contribution in [3.8, 4) is 5.75 Å². The van der Waals surface area contributed by atoms with Gasteiger partial charge in [0.1, 0.15) is 5.75 Å². The molecule has 0 atom stereocenters. The minimum absolute atomic E-state index is 0.143. The summed E-state index contributed by atoms with van der Waals surface area (Å²) >= 11 is 0. The summed E-state index contributed by atoms with van der Waals surface area (Å²) in [6.07, 6.45) is 3.27. The summed E-state index contributed by atoms with van der Waals surface area (Å²) in [7, 11) is 0. The van der Waals surface area contributed by atoms with Crippen LogP contribution in [0.2, 0.25) is 0 Å². The molecule has 19 heavy (non-hydrogen) atoms. The molecule has 0 unspecified atom stereocenters. The number of hydrogen-bond donors (Lipinski definition) is 0. The summed E-state index contributed by atoms with van der Waals surface area (Å²) in [4.78, 5) is 13.7. The van der Waals surface area contributed by atoms with E-state index in [2.05, 4.69) is 4.74 Å². The van der Waals surface area contributed by atoms with Crippen LogP contribution in [-0.2, 0) is 11.2 Å². The highest BCUT2D eigenvalue weighted by Gasteiger charge is 2.17. The van der Waals surface area contributed by atoms with Gasteiger partial charge >= 0.3 is 6.61 Å². The lowest BCUT2D eigenvalue weighted by atomic mass is 10.1. The molecule has 0 bridgehead atoms. The van der Waals surface area contributed by atoms with Gasteiger partial charge in [0.05, 0.1) is 0 Å². The molecule has 0 N–H and O–H groups in total. The van der Waals surface area contributed by atoms with Crippen LogP contribution in [-0.4, -0.2) is 30.5 Å². The Kier molecular flexibility index (Phi) is 4.71. The van der Waals surface area contributed by atoms with Crippen LogP contribution in [0.4, 0.5) is 8.78 Å². The van der Waals surface area contributed by atoms with Gasteiger partial charge in [0.25, 0.3) is 0 Å². The fraction of sp³-hybridized carbons (Fsp3) is 0.500. The molecule has 0 aromatic heterocycles. The third kappa shape index (κ3) is 4.19. The highest BCUT2D eigenvalue weighted by atomic mass is 19.3. The molecule has 1 aromatic rings. The van der Waals surface area contributed by atoms with Crippen LogP contribution in [0.15, 0.2) is 24.3 Å². The second-order valence-electron chi connectivity index (χ2n) is 4.61. The lowest BCUT2D eigenvalue weighted by molar-refractivity contribution is -0.130. The monoisotopic (exact) mass is 269 g/mol. The van der Waals surface area contributed by atoms with Crippen LogP contribution in [0.25, 0.3) is 0 Å². The first-order chi connectivity index (χ1) is 9.15. The fourth-order valence-electron chi connectivity index (χ4n) is 2.21. The molecule has 1 aliphatic heterocycles. The summed E-state index contributed by atoms with van der Waals surface area (Å²) in [5, 5.41) is 0. The quantitative estimate of drug-likeness (QED) is 0.822. The maximum Gasteiger partial charge on any atom is 0.387 e. The highest BCUT2D eigenvalue weighted by Crippen LogP contribution is 2.16. The lowest BCUT2D eigenvalue weighted by Crippen LogP contribution is -2.27. The van der Waals surface area contributed by atoms with E-state index >= 15 is 0 Å². The zero-order valence-corrected chi connectivity index (χ0v) is 10.6. The Hall–Kier alpha value is -1.65. The molecule has 3 nitrogen and oxygen atoms in total. The number of halogens is 2. The van der Waals surface area contributed by atoms with Gasteiger partial charge in [0, 0.05) is 19.5 Å². The molecule has 2 rings (SSSR count). The first-order valence-corrected chi connectivity index (χ1v) is 6.46. The number of aryl methyl sites for hydroxylation is 1. The van der Waals surface area contributed by atoms with E-state index in [1.54, 1.807) is 12.1 Å². The zero-order chi connectivity index (χ0) is 13.7. The van der Waals surface area contributed by atoms with Gasteiger partial charge < -0.3 is 9.64 Å². The van der Waals surface area contributed by atoms with Gasteiger partial charge in [0.15, 0.2) is 0 Å². The Morgan fingerprint density at radius 3 is 2.42 bits per heavy atom. The standard InChI is InChI=1S/C14H17F2NO2/c15-14(16)19-12-6-3-11(4-7-12)5-8-13(18)17-9-1-2-10-17/h3-4,6-7,14H,1-2,5,8-10H2. The maximum atomic E-state index is 12.0. The third-order valence-electron chi connectivity index (χ3n) is 3.23. The van der Waals surface area contributed by atoms with Crippen LogP contribution in [0.5, 0.6) is 5.75 Å². The molecule has 1 heterocycles. The van der Waals surface area contributed by atoms with Crippen molar-refractivity contribution in [2.45, 2.75) is 32.3 Å². The third-order valence-corrected chi connectivity index (χ3v) is 3.23. The number of carbonyl (C=O) groups excluding carboxylic acids is 1. The predicted molar refractivity (Wildman–Crippen MR) is 67.2 cm³/mol. The van der Waals surface area contributed by atoms with Crippen LogP contribution in [0.3, 0.4) is 0 Å². The van der Waals surface area contributed by atoms with E-state index in [4.69, 9.17) is 0 Å². The van der Waals surface area contributed by atoms with Crippen LogP contribution >= 0.6 is 0 Å². The molecular formula is C14H17F2NO2. The topological polar surface area (TPSA) is 29.5 Å². The molecule has 0 aliphatic carbocycles. The summed E-state index contributed by atoms with van der Waals surface area (Å²) < 4.78 is 28.2. The normalized spacial score (nSPS) is 15.0. The average molecular weight is 269 g/mol. The molecule has 1 saturated heterocycles. The van der Waals surface area contributed by atoms with Crippen molar-refractivity contribution >= 4 is 5.91 Å². The number of carbonyl (C=O) groups is 1. The number of benzene rings is 1. The number of hydrogen-bond acceptors (Lipinski definition) is 2. The Labute approximate surface area is 111 Å². The minimum atomic E-state index is -2.80. The summed E-state index contributed by atoms with van der Waals surface area (Å²) in [6, 6.07) is 6.44. The number of rotatable bonds is 5. The molecule has 0 radical (unpaired) electrons. The SMILES string of the molecule is O=C(CCc1ccc(OC(F)F)cc1)N1CCCC1. The Bertz CT molecular complexity index is 414. The van der Waals surface area contributed by atoms with Crippen LogP contribution in [0.1, 0.15) is 24.8 Å². The van der Waals surface area contributed by atoms with Gasteiger partial charge in [0.2, 0.25) is 5.91 Å². The van der Waals surface area contributed by atoms with Gasteiger partial charge in [-0.15, -0.1) is 0 Å².